The zero-order valence-electron chi connectivity index (χ0n) is 11.4. The van der Waals surface area contributed by atoms with Gasteiger partial charge in [0, 0.05) is 9.26 Å². The van der Waals surface area contributed by atoms with Crippen LogP contribution in [0.15, 0.2) is 48.5 Å². The van der Waals surface area contributed by atoms with Crippen LogP contribution in [-0.4, -0.2) is 12.0 Å². The Kier molecular flexibility index (Phi) is 5.00. The third-order valence-electron chi connectivity index (χ3n) is 2.76. The molecule has 0 spiro atoms. The average molecular weight is 381 g/mol. The molecule has 0 heterocycles. The highest BCUT2D eigenvalue weighted by Gasteiger charge is 2.14. The summed E-state index contributed by atoms with van der Waals surface area (Å²) in [5.74, 6) is 0.540. The minimum Gasteiger partial charge on any atom is -0.481 e. The number of amides is 1. The van der Waals surface area contributed by atoms with Crippen molar-refractivity contribution in [2.45, 2.75) is 20.0 Å². The Balaban J connectivity index is 1.98. The Morgan fingerprint density at radius 2 is 1.95 bits per heavy atom. The molecule has 2 aromatic rings. The number of hydrogen-bond donors (Lipinski definition) is 1. The minimum atomic E-state index is -0.547. The number of anilines is 1. The molecule has 0 radical (unpaired) electrons. The Labute approximate surface area is 132 Å². The third kappa shape index (κ3) is 4.23. The van der Waals surface area contributed by atoms with Crippen LogP contribution >= 0.6 is 22.6 Å². The first-order chi connectivity index (χ1) is 9.54. The predicted molar refractivity (Wildman–Crippen MR) is 89.1 cm³/mol. The second-order valence-corrected chi connectivity index (χ2v) is 5.82. The van der Waals surface area contributed by atoms with Crippen LogP contribution in [0, 0.1) is 10.5 Å². The quantitative estimate of drug-likeness (QED) is 0.813. The van der Waals surface area contributed by atoms with E-state index in [0.29, 0.717) is 5.75 Å². The lowest BCUT2D eigenvalue weighted by molar-refractivity contribution is -0.122. The fourth-order valence-corrected chi connectivity index (χ4v) is 2.28. The highest BCUT2D eigenvalue weighted by atomic mass is 127. The van der Waals surface area contributed by atoms with Crippen LogP contribution in [0.2, 0.25) is 0 Å². The van der Waals surface area contributed by atoms with E-state index in [4.69, 9.17) is 4.74 Å². The molecule has 2 aromatic carbocycles. The van der Waals surface area contributed by atoms with Crippen LogP contribution in [0.5, 0.6) is 5.75 Å². The fraction of sp³-hybridized carbons (Fsp3) is 0.188. The smallest absolute Gasteiger partial charge is 0.265 e. The number of nitrogens with one attached hydrogen (secondary N) is 1. The zero-order chi connectivity index (χ0) is 14.5. The Bertz CT molecular complexity index is 613. The van der Waals surface area contributed by atoms with Gasteiger partial charge < -0.3 is 10.1 Å². The molecule has 20 heavy (non-hydrogen) atoms. The second-order valence-electron chi connectivity index (χ2n) is 4.58. The van der Waals surface area contributed by atoms with Crippen molar-refractivity contribution in [3.63, 3.8) is 0 Å². The highest BCUT2D eigenvalue weighted by Crippen LogP contribution is 2.17. The van der Waals surface area contributed by atoms with Crippen molar-refractivity contribution < 1.29 is 9.53 Å². The number of carbonyl (C=O) groups excluding carboxylic acids is 1. The lowest BCUT2D eigenvalue weighted by atomic mass is 10.2. The van der Waals surface area contributed by atoms with E-state index in [-0.39, 0.29) is 5.91 Å². The van der Waals surface area contributed by atoms with Crippen molar-refractivity contribution in [1.29, 1.82) is 0 Å². The molecule has 0 aliphatic rings. The first-order valence-electron chi connectivity index (χ1n) is 6.34. The van der Waals surface area contributed by atoms with Crippen molar-refractivity contribution in [2.75, 3.05) is 5.32 Å². The summed E-state index contributed by atoms with van der Waals surface area (Å²) in [4.78, 5) is 12.1. The summed E-state index contributed by atoms with van der Waals surface area (Å²) in [5.41, 5.74) is 1.89. The first-order valence-corrected chi connectivity index (χ1v) is 7.42. The van der Waals surface area contributed by atoms with E-state index in [1.54, 1.807) is 6.92 Å². The number of carbonyl (C=O) groups is 1. The van der Waals surface area contributed by atoms with Gasteiger partial charge in [0.25, 0.3) is 5.91 Å². The van der Waals surface area contributed by atoms with Gasteiger partial charge in [-0.3, -0.25) is 4.79 Å². The standard InChI is InChI=1S/C16H16INO2/c1-11-5-3-7-14(9-11)18-16(19)12(2)20-15-8-4-6-13(17)10-15/h3-10,12H,1-2H3,(H,18,19). The summed E-state index contributed by atoms with van der Waals surface area (Å²) >= 11 is 2.21. The van der Waals surface area contributed by atoms with E-state index in [9.17, 15) is 4.79 Å². The molecule has 1 unspecified atom stereocenters. The van der Waals surface area contributed by atoms with Gasteiger partial charge in [0.15, 0.2) is 6.10 Å². The minimum absolute atomic E-state index is 0.158. The molecule has 0 saturated heterocycles. The van der Waals surface area contributed by atoms with Gasteiger partial charge in [-0.1, -0.05) is 18.2 Å². The van der Waals surface area contributed by atoms with Gasteiger partial charge in [0.05, 0.1) is 0 Å². The number of aryl methyl sites for hydroxylation is 1. The molecular weight excluding hydrogens is 365 g/mol. The molecule has 104 valence electrons. The lowest BCUT2D eigenvalue weighted by Gasteiger charge is -2.15. The van der Waals surface area contributed by atoms with Gasteiger partial charge >= 0.3 is 0 Å². The number of ether oxygens (including phenoxy) is 1. The van der Waals surface area contributed by atoms with Crippen LogP contribution in [-0.2, 0) is 4.79 Å². The monoisotopic (exact) mass is 381 g/mol. The van der Waals surface area contributed by atoms with Crippen LogP contribution < -0.4 is 10.1 Å². The van der Waals surface area contributed by atoms with Crippen LogP contribution in [0.1, 0.15) is 12.5 Å². The molecule has 1 amide bonds. The van der Waals surface area contributed by atoms with E-state index in [0.717, 1.165) is 14.8 Å². The maximum absolute atomic E-state index is 12.1. The van der Waals surface area contributed by atoms with Gasteiger partial charge in [-0.15, -0.1) is 0 Å². The van der Waals surface area contributed by atoms with E-state index in [2.05, 4.69) is 27.9 Å². The fourth-order valence-electron chi connectivity index (χ4n) is 1.76. The maximum Gasteiger partial charge on any atom is 0.265 e. The Hall–Kier alpha value is -1.56. The summed E-state index contributed by atoms with van der Waals surface area (Å²) in [6.07, 6.45) is -0.547. The van der Waals surface area contributed by atoms with Crippen LogP contribution in [0.3, 0.4) is 0 Å². The lowest BCUT2D eigenvalue weighted by Crippen LogP contribution is -2.30. The summed E-state index contributed by atoms with van der Waals surface area (Å²) < 4.78 is 6.72. The number of halogens is 1. The molecule has 1 N–H and O–H groups in total. The summed E-state index contributed by atoms with van der Waals surface area (Å²) in [7, 11) is 0. The van der Waals surface area contributed by atoms with E-state index >= 15 is 0 Å². The van der Waals surface area contributed by atoms with Crippen LogP contribution in [0.25, 0.3) is 0 Å². The molecule has 0 aliphatic heterocycles. The van der Waals surface area contributed by atoms with Crippen molar-refractivity contribution in [1.82, 2.24) is 0 Å². The topological polar surface area (TPSA) is 38.3 Å². The Morgan fingerprint density at radius 1 is 1.20 bits per heavy atom. The molecule has 3 nitrogen and oxygen atoms in total. The normalized spacial score (nSPS) is 11.8. The van der Waals surface area contributed by atoms with Crippen LogP contribution in [0.4, 0.5) is 5.69 Å². The maximum atomic E-state index is 12.1. The third-order valence-corrected chi connectivity index (χ3v) is 3.43. The number of hydrogen-bond acceptors (Lipinski definition) is 2. The molecule has 0 bridgehead atoms. The predicted octanol–water partition coefficient (Wildman–Crippen LogP) is 4.01. The van der Waals surface area contributed by atoms with Crippen molar-refractivity contribution in [3.05, 3.63) is 57.7 Å². The molecule has 0 fully saturated rings. The van der Waals surface area contributed by atoms with Crippen molar-refractivity contribution in [2.24, 2.45) is 0 Å². The molecule has 0 aliphatic carbocycles. The molecular formula is C16H16INO2. The largest absolute Gasteiger partial charge is 0.481 e. The molecule has 2 rings (SSSR count). The molecule has 4 heteroatoms. The SMILES string of the molecule is Cc1cccc(NC(=O)C(C)Oc2cccc(I)c2)c1. The number of rotatable bonds is 4. The van der Waals surface area contributed by atoms with Gasteiger partial charge in [0.1, 0.15) is 5.75 Å². The Morgan fingerprint density at radius 3 is 2.65 bits per heavy atom. The zero-order valence-corrected chi connectivity index (χ0v) is 13.5. The summed E-state index contributed by atoms with van der Waals surface area (Å²) in [5, 5.41) is 2.85. The van der Waals surface area contributed by atoms with Gasteiger partial charge in [-0.2, -0.15) is 0 Å². The van der Waals surface area contributed by atoms with E-state index < -0.39 is 6.10 Å². The molecule has 0 aromatic heterocycles. The second kappa shape index (κ2) is 6.74. The summed E-state index contributed by atoms with van der Waals surface area (Å²) in [6.45, 7) is 3.73. The van der Waals surface area contributed by atoms with Gasteiger partial charge in [0.2, 0.25) is 0 Å². The molecule has 0 saturated carbocycles. The van der Waals surface area contributed by atoms with Crippen molar-refractivity contribution in [3.8, 4) is 5.75 Å². The number of benzene rings is 2. The first kappa shape index (κ1) is 14.8. The van der Waals surface area contributed by atoms with Gasteiger partial charge in [-0.25, -0.2) is 0 Å². The average Bonchev–Trinajstić information content (AvgIpc) is 2.38. The van der Waals surface area contributed by atoms with E-state index in [1.807, 2.05) is 55.5 Å². The van der Waals surface area contributed by atoms with E-state index in [1.165, 1.54) is 0 Å². The van der Waals surface area contributed by atoms with Crippen molar-refractivity contribution >= 4 is 34.2 Å². The summed E-state index contributed by atoms with van der Waals surface area (Å²) in [6, 6.07) is 15.3. The van der Waals surface area contributed by atoms with Gasteiger partial charge in [-0.05, 0) is 72.3 Å². The molecule has 1 atom stereocenters. The highest BCUT2D eigenvalue weighted by molar-refractivity contribution is 14.1.